The van der Waals surface area contributed by atoms with Crippen LogP contribution < -0.4 is 0 Å². The van der Waals surface area contributed by atoms with Crippen molar-refractivity contribution < 1.29 is 10.2 Å². The Kier molecular flexibility index (Phi) is 4.21. The quantitative estimate of drug-likeness (QED) is 0.901. The summed E-state index contributed by atoms with van der Waals surface area (Å²) in [4.78, 5) is 3.94. The molecule has 6 heteroatoms. The maximum absolute atomic E-state index is 11.5. The van der Waals surface area contributed by atoms with E-state index in [4.69, 9.17) is 11.6 Å². The lowest BCUT2D eigenvalue weighted by molar-refractivity contribution is -0.121. The topological polar surface area (TPSA) is 71.2 Å². The molecule has 1 fully saturated rings. The monoisotopic (exact) mass is 335 g/mol. The van der Waals surface area contributed by atoms with Crippen LogP contribution in [0.1, 0.15) is 38.4 Å². The fourth-order valence-corrected chi connectivity index (χ4v) is 3.80. The van der Waals surface area contributed by atoms with Crippen LogP contribution in [0.25, 0.3) is 0 Å². The lowest BCUT2D eigenvalue weighted by atomic mass is 9.71. The largest absolute Gasteiger partial charge is 0.388 e. The zero-order chi connectivity index (χ0) is 16.7. The van der Waals surface area contributed by atoms with E-state index in [-0.39, 0.29) is 11.3 Å². The van der Waals surface area contributed by atoms with Crippen molar-refractivity contribution in [1.82, 2.24) is 14.8 Å². The molecule has 0 spiro atoms. The summed E-state index contributed by atoms with van der Waals surface area (Å²) in [5.74, 6) is -0.275. The Morgan fingerprint density at radius 3 is 2.65 bits per heavy atom. The summed E-state index contributed by atoms with van der Waals surface area (Å²) in [6.07, 6.45) is 3.89. The lowest BCUT2D eigenvalue weighted by Crippen LogP contribution is -2.50. The molecule has 3 atom stereocenters. The van der Waals surface area contributed by atoms with E-state index in [9.17, 15) is 10.2 Å². The minimum Gasteiger partial charge on any atom is -0.388 e. The Labute approximate surface area is 140 Å². The molecule has 0 saturated heterocycles. The zero-order valence-electron chi connectivity index (χ0n) is 13.4. The molecule has 23 heavy (non-hydrogen) atoms. The summed E-state index contributed by atoms with van der Waals surface area (Å²) < 4.78 is 1.63. The standard InChI is InChI=1S/C17H22ClN3O2/c1-16(2)8-7-14(15(22)12-3-5-13(18)6-4-12)17(16,23)9-21-11-19-10-20-21/h3-6,10-11,14-15,22-23H,7-9H2,1-2H3/t14-,15+,17+/m1/s1. The summed E-state index contributed by atoms with van der Waals surface area (Å²) in [5.41, 5.74) is -0.620. The molecule has 1 aliphatic carbocycles. The number of benzene rings is 1. The summed E-state index contributed by atoms with van der Waals surface area (Å²) >= 11 is 5.92. The van der Waals surface area contributed by atoms with E-state index < -0.39 is 11.7 Å². The van der Waals surface area contributed by atoms with Crippen LogP contribution in [0, 0.1) is 11.3 Å². The third-order valence-electron chi connectivity index (χ3n) is 5.33. The Morgan fingerprint density at radius 2 is 2.04 bits per heavy atom. The highest BCUT2D eigenvalue weighted by molar-refractivity contribution is 6.30. The molecule has 5 nitrogen and oxygen atoms in total. The number of aliphatic hydroxyl groups excluding tert-OH is 1. The Morgan fingerprint density at radius 1 is 1.35 bits per heavy atom. The van der Waals surface area contributed by atoms with Crippen molar-refractivity contribution in [2.75, 3.05) is 0 Å². The molecule has 0 radical (unpaired) electrons. The summed E-state index contributed by atoms with van der Waals surface area (Å²) in [6.45, 7) is 4.40. The van der Waals surface area contributed by atoms with E-state index in [0.29, 0.717) is 11.6 Å². The van der Waals surface area contributed by atoms with Crippen LogP contribution in [0.4, 0.5) is 0 Å². The molecule has 3 rings (SSSR count). The van der Waals surface area contributed by atoms with Crippen LogP contribution in [0.15, 0.2) is 36.9 Å². The van der Waals surface area contributed by atoms with Crippen molar-refractivity contribution in [1.29, 1.82) is 0 Å². The first-order chi connectivity index (χ1) is 10.8. The summed E-state index contributed by atoms with van der Waals surface area (Å²) in [6, 6.07) is 7.15. The van der Waals surface area contributed by atoms with Crippen LogP contribution in [-0.4, -0.2) is 30.6 Å². The van der Waals surface area contributed by atoms with Gasteiger partial charge in [0.25, 0.3) is 0 Å². The number of nitrogens with zero attached hydrogens (tertiary/aromatic N) is 3. The van der Waals surface area contributed by atoms with Gasteiger partial charge in [-0.05, 0) is 36.0 Å². The van der Waals surface area contributed by atoms with Gasteiger partial charge in [-0.3, -0.25) is 4.68 Å². The first-order valence-electron chi connectivity index (χ1n) is 7.82. The van der Waals surface area contributed by atoms with Gasteiger partial charge in [0.05, 0.1) is 18.2 Å². The van der Waals surface area contributed by atoms with E-state index in [0.717, 1.165) is 18.4 Å². The zero-order valence-corrected chi connectivity index (χ0v) is 14.1. The van der Waals surface area contributed by atoms with Gasteiger partial charge in [0.15, 0.2) is 0 Å². The minimum atomic E-state index is -1.07. The summed E-state index contributed by atoms with van der Waals surface area (Å²) in [5, 5.41) is 27.1. The van der Waals surface area contributed by atoms with Gasteiger partial charge in [-0.1, -0.05) is 37.6 Å². The molecule has 1 saturated carbocycles. The highest BCUT2D eigenvalue weighted by atomic mass is 35.5. The first kappa shape index (κ1) is 16.4. The molecule has 1 aromatic carbocycles. The average molecular weight is 336 g/mol. The second-order valence-electron chi connectivity index (χ2n) is 7.04. The van der Waals surface area contributed by atoms with Gasteiger partial charge >= 0.3 is 0 Å². The molecule has 0 unspecified atom stereocenters. The van der Waals surface area contributed by atoms with Crippen molar-refractivity contribution in [2.45, 2.75) is 44.9 Å². The molecular weight excluding hydrogens is 314 g/mol. The molecule has 0 aliphatic heterocycles. The maximum Gasteiger partial charge on any atom is 0.137 e. The van der Waals surface area contributed by atoms with Gasteiger partial charge in [-0.25, -0.2) is 4.98 Å². The van der Waals surface area contributed by atoms with Gasteiger partial charge in [0.1, 0.15) is 12.7 Å². The van der Waals surface area contributed by atoms with Crippen molar-refractivity contribution in [3.63, 3.8) is 0 Å². The first-order valence-corrected chi connectivity index (χ1v) is 8.20. The van der Waals surface area contributed by atoms with Crippen molar-refractivity contribution in [3.8, 4) is 0 Å². The van der Waals surface area contributed by atoms with Crippen LogP contribution in [0.3, 0.4) is 0 Å². The molecule has 0 amide bonds. The minimum absolute atomic E-state index is 0.275. The third kappa shape index (κ3) is 2.89. The molecule has 1 aliphatic rings. The fraction of sp³-hybridized carbons (Fsp3) is 0.529. The smallest absolute Gasteiger partial charge is 0.137 e. The molecule has 2 aromatic rings. The number of aromatic nitrogens is 3. The SMILES string of the molecule is CC1(C)CC[C@H]([C@@H](O)c2ccc(Cl)cc2)[C@@]1(O)Cn1cncn1. The number of halogens is 1. The molecule has 0 bridgehead atoms. The van der Waals surface area contributed by atoms with Crippen molar-refractivity contribution >= 4 is 11.6 Å². The second kappa shape index (κ2) is 5.89. The van der Waals surface area contributed by atoms with E-state index in [1.807, 2.05) is 26.0 Å². The van der Waals surface area contributed by atoms with E-state index >= 15 is 0 Å². The lowest BCUT2D eigenvalue weighted by Gasteiger charge is -2.42. The highest BCUT2D eigenvalue weighted by Gasteiger charge is 2.56. The van der Waals surface area contributed by atoms with E-state index in [2.05, 4.69) is 10.1 Å². The van der Waals surface area contributed by atoms with Gasteiger partial charge in [0, 0.05) is 10.9 Å². The van der Waals surface area contributed by atoms with Gasteiger partial charge in [0.2, 0.25) is 0 Å². The van der Waals surface area contributed by atoms with E-state index in [1.54, 1.807) is 23.1 Å². The Bertz CT molecular complexity index is 657. The van der Waals surface area contributed by atoms with Crippen LogP contribution in [-0.2, 0) is 6.54 Å². The number of hydrogen-bond acceptors (Lipinski definition) is 4. The summed E-state index contributed by atoms with van der Waals surface area (Å²) in [7, 11) is 0. The third-order valence-corrected chi connectivity index (χ3v) is 5.58. The molecular formula is C17H22ClN3O2. The van der Waals surface area contributed by atoms with Crippen LogP contribution in [0.5, 0.6) is 0 Å². The second-order valence-corrected chi connectivity index (χ2v) is 7.48. The van der Waals surface area contributed by atoms with Crippen molar-refractivity contribution in [3.05, 3.63) is 47.5 Å². The predicted molar refractivity (Wildman–Crippen MR) is 87.9 cm³/mol. The Hall–Kier alpha value is -1.43. The van der Waals surface area contributed by atoms with E-state index in [1.165, 1.54) is 6.33 Å². The fourth-order valence-electron chi connectivity index (χ4n) is 3.68. The predicted octanol–water partition coefficient (Wildman–Crippen LogP) is 2.83. The molecule has 124 valence electrons. The van der Waals surface area contributed by atoms with Crippen molar-refractivity contribution in [2.24, 2.45) is 11.3 Å². The van der Waals surface area contributed by atoms with Gasteiger partial charge < -0.3 is 10.2 Å². The molecule has 2 N–H and O–H groups in total. The van der Waals surface area contributed by atoms with Crippen LogP contribution >= 0.6 is 11.6 Å². The number of hydrogen-bond donors (Lipinski definition) is 2. The van der Waals surface area contributed by atoms with Gasteiger partial charge in [-0.15, -0.1) is 0 Å². The maximum atomic E-state index is 11.5. The molecule has 1 aromatic heterocycles. The molecule has 1 heterocycles. The number of aliphatic hydroxyl groups is 2. The normalized spacial score (nSPS) is 28.0. The highest BCUT2D eigenvalue weighted by Crippen LogP contribution is 2.54. The number of rotatable bonds is 4. The van der Waals surface area contributed by atoms with Gasteiger partial charge in [-0.2, -0.15) is 5.10 Å². The Balaban J connectivity index is 1.91. The van der Waals surface area contributed by atoms with Crippen LogP contribution in [0.2, 0.25) is 5.02 Å². The average Bonchev–Trinajstić information content (AvgIpc) is 3.07.